The fourth-order valence-electron chi connectivity index (χ4n) is 3.12. The van der Waals surface area contributed by atoms with Crippen molar-refractivity contribution < 1.29 is 14.0 Å². The lowest BCUT2D eigenvalue weighted by Gasteiger charge is -2.25. The van der Waals surface area contributed by atoms with Crippen LogP contribution in [0.4, 0.5) is 14.9 Å². The lowest BCUT2D eigenvalue weighted by Crippen LogP contribution is -2.39. The zero-order valence-electron chi connectivity index (χ0n) is 12.4. The number of carbonyl (C=O) groups excluding carboxylic acids is 2. The van der Waals surface area contributed by atoms with Gasteiger partial charge in [-0.05, 0) is 25.2 Å². The van der Waals surface area contributed by atoms with Crippen LogP contribution in [0.25, 0.3) is 0 Å². The van der Waals surface area contributed by atoms with E-state index < -0.39 is 23.1 Å². The molecule has 2 aliphatic rings. The van der Waals surface area contributed by atoms with E-state index in [1.165, 1.54) is 4.90 Å². The third-order valence-electron chi connectivity index (χ3n) is 4.17. The molecule has 0 spiro atoms. The molecular formula is C15H16FN3O2S. The van der Waals surface area contributed by atoms with Gasteiger partial charge in [0.2, 0.25) is 5.13 Å². The van der Waals surface area contributed by atoms with Crippen molar-refractivity contribution in [1.82, 2.24) is 4.90 Å². The maximum Gasteiger partial charge on any atom is 0.332 e. The SMILES string of the molecule is CC(C)c1sc(F)c(N2C(=O)C3CCCCN3C2=O)c1C#N. The van der Waals surface area contributed by atoms with E-state index in [0.29, 0.717) is 17.8 Å². The molecule has 1 unspecified atom stereocenters. The number of piperidine rings is 1. The summed E-state index contributed by atoms with van der Waals surface area (Å²) < 4.78 is 14.4. The average molecular weight is 321 g/mol. The van der Waals surface area contributed by atoms with Crippen molar-refractivity contribution >= 4 is 29.0 Å². The first-order chi connectivity index (χ1) is 10.5. The molecule has 2 aliphatic heterocycles. The van der Waals surface area contributed by atoms with Crippen molar-refractivity contribution in [2.75, 3.05) is 11.4 Å². The van der Waals surface area contributed by atoms with Crippen molar-refractivity contribution in [3.63, 3.8) is 0 Å². The summed E-state index contributed by atoms with van der Waals surface area (Å²) in [5.41, 5.74) is -0.0420. The number of nitriles is 1. The topological polar surface area (TPSA) is 64.4 Å². The van der Waals surface area contributed by atoms with Gasteiger partial charge in [0, 0.05) is 11.4 Å². The highest BCUT2D eigenvalue weighted by atomic mass is 32.1. The minimum atomic E-state index is -0.637. The number of hydrogen-bond acceptors (Lipinski definition) is 4. The van der Waals surface area contributed by atoms with Crippen molar-refractivity contribution in [2.24, 2.45) is 0 Å². The lowest BCUT2D eigenvalue weighted by atomic mass is 10.0. The number of thiophene rings is 1. The Morgan fingerprint density at radius 3 is 2.68 bits per heavy atom. The number of anilines is 1. The fourth-order valence-corrected chi connectivity index (χ4v) is 4.08. The maximum atomic E-state index is 14.4. The van der Waals surface area contributed by atoms with Gasteiger partial charge in [-0.2, -0.15) is 9.65 Å². The highest BCUT2D eigenvalue weighted by molar-refractivity contribution is 7.11. The number of imide groups is 1. The molecular weight excluding hydrogens is 305 g/mol. The Bertz CT molecular complexity index is 668. The van der Waals surface area contributed by atoms with E-state index in [9.17, 15) is 19.2 Å². The van der Waals surface area contributed by atoms with E-state index in [0.717, 1.165) is 29.1 Å². The van der Waals surface area contributed by atoms with Crippen molar-refractivity contribution in [1.29, 1.82) is 5.26 Å². The monoisotopic (exact) mass is 321 g/mol. The first kappa shape index (κ1) is 15.0. The standard InChI is InChI=1S/C15H16FN3O2S/c1-8(2)12-9(7-17)11(13(16)22-12)19-14(20)10-5-3-4-6-18(10)15(19)21/h8,10H,3-6H2,1-2H3. The molecule has 0 bridgehead atoms. The molecule has 3 rings (SSSR count). The van der Waals surface area contributed by atoms with Gasteiger partial charge in [-0.25, -0.2) is 9.69 Å². The molecule has 5 nitrogen and oxygen atoms in total. The molecule has 22 heavy (non-hydrogen) atoms. The van der Waals surface area contributed by atoms with Gasteiger partial charge >= 0.3 is 6.03 Å². The van der Waals surface area contributed by atoms with Crippen LogP contribution in [0.1, 0.15) is 49.5 Å². The molecule has 2 fully saturated rings. The van der Waals surface area contributed by atoms with Crippen LogP contribution < -0.4 is 4.90 Å². The fraction of sp³-hybridized carbons (Fsp3) is 0.533. The summed E-state index contributed by atoms with van der Waals surface area (Å²) in [7, 11) is 0. The summed E-state index contributed by atoms with van der Waals surface area (Å²) in [5.74, 6) is -0.452. The summed E-state index contributed by atoms with van der Waals surface area (Å²) in [5, 5.41) is 8.74. The summed E-state index contributed by atoms with van der Waals surface area (Å²) in [6.45, 7) is 4.22. The molecule has 0 aliphatic carbocycles. The lowest BCUT2D eigenvalue weighted by molar-refractivity contribution is -0.120. The zero-order valence-corrected chi connectivity index (χ0v) is 13.2. The van der Waals surface area contributed by atoms with Crippen molar-refractivity contribution in [3.05, 3.63) is 15.6 Å². The van der Waals surface area contributed by atoms with Crippen molar-refractivity contribution in [2.45, 2.75) is 45.1 Å². The minimum absolute atomic E-state index is 0.0432. The van der Waals surface area contributed by atoms with Crippen LogP contribution in [0, 0.1) is 16.5 Å². The summed E-state index contributed by atoms with van der Waals surface area (Å²) in [6, 6.07) is 0.965. The van der Waals surface area contributed by atoms with Crippen LogP contribution in [0.2, 0.25) is 0 Å². The first-order valence-electron chi connectivity index (χ1n) is 7.34. The van der Waals surface area contributed by atoms with Crippen molar-refractivity contribution in [3.8, 4) is 6.07 Å². The number of fused-ring (bicyclic) bond motifs is 1. The first-order valence-corrected chi connectivity index (χ1v) is 8.15. The molecule has 116 valence electrons. The zero-order chi connectivity index (χ0) is 16.0. The van der Waals surface area contributed by atoms with E-state index >= 15 is 0 Å². The van der Waals surface area contributed by atoms with Crippen LogP contribution in [0.15, 0.2) is 0 Å². The predicted molar refractivity (Wildman–Crippen MR) is 80.3 cm³/mol. The highest BCUT2D eigenvalue weighted by Crippen LogP contribution is 2.41. The van der Waals surface area contributed by atoms with E-state index in [2.05, 4.69) is 0 Å². The number of nitrogens with zero attached hydrogens (tertiary/aromatic N) is 3. The Morgan fingerprint density at radius 1 is 1.36 bits per heavy atom. The quantitative estimate of drug-likeness (QED) is 0.786. The van der Waals surface area contributed by atoms with E-state index in [1.54, 1.807) is 0 Å². The van der Waals surface area contributed by atoms with Gasteiger partial charge < -0.3 is 4.90 Å². The molecule has 3 heterocycles. The van der Waals surface area contributed by atoms with Gasteiger partial charge in [0.05, 0.1) is 5.56 Å². The summed E-state index contributed by atoms with van der Waals surface area (Å²) in [6.07, 6.45) is 2.33. The van der Waals surface area contributed by atoms with E-state index in [-0.39, 0.29) is 17.2 Å². The second-order valence-electron chi connectivity index (χ2n) is 5.89. The molecule has 1 atom stereocenters. The largest absolute Gasteiger partial charge is 0.332 e. The second kappa shape index (κ2) is 5.36. The summed E-state index contributed by atoms with van der Waals surface area (Å²) >= 11 is 0.844. The van der Waals surface area contributed by atoms with Gasteiger partial charge in [-0.15, -0.1) is 11.3 Å². The highest BCUT2D eigenvalue weighted by Gasteiger charge is 2.48. The van der Waals surface area contributed by atoms with Crippen LogP contribution in [0.5, 0.6) is 0 Å². The number of amides is 3. The maximum absolute atomic E-state index is 14.4. The van der Waals surface area contributed by atoms with E-state index in [1.807, 2.05) is 19.9 Å². The van der Waals surface area contributed by atoms with Crippen LogP contribution in [-0.2, 0) is 4.79 Å². The van der Waals surface area contributed by atoms with Gasteiger partial charge in [-0.3, -0.25) is 4.79 Å². The second-order valence-corrected chi connectivity index (χ2v) is 6.89. The normalized spacial score (nSPS) is 21.5. The molecule has 1 aromatic heterocycles. The predicted octanol–water partition coefficient (Wildman–Crippen LogP) is 3.20. The smallest absolute Gasteiger partial charge is 0.312 e. The van der Waals surface area contributed by atoms with Crippen LogP contribution in [0.3, 0.4) is 0 Å². The molecule has 2 saturated heterocycles. The Kier molecular flexibility index (Phi) is 3.65. The Labute approximate surface area is 131 Å². The number of rotatable bonds is 2. The van der Waals surface area contributed by atoms with Gasteiger partial charge in [0.15, 0.2) is 0 Å². The minimum Gasteiger partial charge on any atom is -0.312 e. The van der Waals surface area contributed by atoms with Gasteiger partial charge in [0.25, 0.3) is 5.91 Å². The van der Waals surface area contributed by atoms with Gasteiger partial charge in [0.1, 0.15) is 17.8 Å². The molecule has 7 heteroatoms. The van der Waals surface area contributed by atoms with Crippen LogP contribution in [-0.4, -0.2) is 29.4 Å². The number of carbonyl (C=O) groups is 2. The molecule has 0 N–H and O–H groups in total. The Hall–Kier alpha value is -1.94. The Morgan fingerprint density at radius 2 is 2.09 bits per heavy atom. The van der Waals surface area contributed by atoms with Gasteiger partial charge in [-0.1, -0.05) is 13.8 Å². The van der Waals surface area contributed by atoms with Crippen LogP contribution >= 0.6 is 11.3 Å². The molecule has 0 radical (unpaired) electrons. The number of halogens is 1. The Balaban J connectivity index is 2.10. The third-order valence-corrected chi connectivity index (χ3v) is 5.44. The molecule has 1 aromatic rings. The molecule has 0 aromatic carbocycles. The molecule has 3 amide bonds. The third kappa shape index (κ3) is 2.02. The average Bonchev–Trinajstić information content (AvgIpc) is 2.95. The van der Waals surface area contributed by atoms with E-state index in [4.69, 9.17) is 0 Å². The number of urea groups is 1. The summed E-state index contributed by atoms with van der Waals surface area (Å²) in [4.78, 5) is 28.0. The molecule has 0 saturated carbocycles. The number of hydrogen-bond donors (Lipinski definition) is 0.